The zero-order valence-corrected chi connectivity index (χ0v) is 24.1. The molecule has 1 N–H and O–H groups in total. The highest BCUT2D eigenvalue weighted by atomic mass is 32.2. The molecule has 0 spiro atoms. The molecule has 1 fully saturated rings. The molecule has 0 aromatic heterocycles. The van der Waals surface area contributed by atoms with Gasteiger partial charge in [-0.25, -0.2) is 9.59 Å². The van der Waals surface area contributed by atoms with Crippen LogP contribution in [0.15, 0.2) is 121 Å². The van der Waals surface area contributed by atoms with Crippen LogP contribution >= 0.6 is 11.8 Å². The summed E-state index contributed by atoms with van der Waals surface area (Å²) < 4.78 is 4.60. The zero-order chi connectivity index (χ0) is 30.1. The molecule has 8 nitrogen and oxygen atoms in total. The van der Waals surface area contributed by atoms with E-state index in [9.17, 15) is 19.2 Å². The number of nitrogens with one attached hydrogen (secondary N) is 1. The molecule has 3 amide bonds. The average Bonchev–Trinajstić information content (AvgIpc) is 3.37. The molecule has 43 heavy (non-hydrogen) atoms. The maximum atomic E-state index is 13.5. The number of benzene rings is 4. The smallest absolute Gasteiger partial charge is 0.408 e. The Balaban J connectivity index is 1.47. The lowest BCUT2D eigenvalue weighted by Crippen LogP contribution is -2.47. The summed E-state index contributed by atoms with van der Waals surface area (Å²) in [5.41, 5.74) is 3.65. The summed E-state index contributed by atoms with van der Waals surface area (Å²) >= 11 is 1.42. The van der Waals surface area contributed by atoms with E-state index in [-0.39, 0.29) is 25.2 Å². The quantitative estimate of drug-likeness (QED) is 0.178. The van der Waals surface area contributed by atoms with Crippen LogP contribution in [0.2, 0.25) is 0 Å². The van der Waals surface area contributed by atoms with Crippen molar-refractivity contribution in [3.8, 4) is 0 Å². The van der Waals surface area contributed by atoms with Crippen LogP contribution in [0.5, 0.6) is 0 Å². The van der Waals surface area contributed by atoms with E-state index in [0.29, 0.717) is 5.06 Å². The Morgan fingerprint density at radius 2 is 1.16 bits per heavy atom. The third kappa shape index (κ3) is 6.95. The van der Waals surface area contributed by atoms with Crippen molar-refractivity contribution in [2.75, 3.05) is 5.75 Å². The SMILES string of the molecule is O=C(N[C@@H](CSC(c1ccccc1)(c1ccccc1)c1ccccc1)C(=O)ON1C(=O)CCC1=O)OCc1ccccc1. The Labute approximate surface area is 254 Å². The third-order valence-electron chi connectivity index (χ3n) is 6.98. The first-order valence-electron chi connectivity index (χ1n) is 13.8. The van der Waals surface area contributed by atoms with Gasteiger partial charge in [0, 0.05) is 18.6 Å². The van der Waals surface area contributed by atoms with Crippen LogP contribution < -0.4 is 5.32 Å². The van der Waals surface area contributed by atoms with Crippen LogP contribution in [0.4, 0.5) is 4.79 Å². The number of hydroxylamine groups is 2. The molecule has 0 saturated carbocycles. The Kier molecular flexibility index (Phi) is 9.53. The van der Waals surface area contributed by atoms with E-state index in [1.807, 2.05) is 121 Å². The summed E-state index contributed by atoms with van der Waals surface area (Å²) in [6.07, 6.45) is -0.927. The fraction of sp³-hybridized carbons (Fsp3) is 0.176. The highest BCUT2D eigenvalue weighted by Crippen LogP contribution is 2.48. The van der Waals surface area contributed by atoms with Gasteiger partial charge in [0.1, 0.15) is 12.6 Å². The third-order valence-corrected chi connectivity index (χ3v) is 8.62. The van der Waals surface area contributed by atoms with Gasteiger partial charge in [0.25, 0.3) is 11.8 Å². The monoisotopic (exact) mass is 594 g/mol. The van der Waals surface area contributed by atoms with Gasteiger partial charge >= 0.3 is 12.1 Å². The minimum absolute atomic E-state index is 0.00728. The van der Waals surface area contributed by atoms with E-state index in [1.165, 1.54) is 11.8 Å². The second kappa shape index (κ2) is 13.8. The number of hydrogen-bond acceptors (Lipinski definition) is 7. The molecule has 1 heterocycles. The molecule has 1 saturated heterocycles. The number of rotatable bonds is 11. The van der Waals surface area contributed by atoms with Gasteiger partial charge in [0.2, 0.25) is 0 Å². The Morgan fingerprint density at radius 1 is 0.721 bits per heavy atom. The van der Waals surface area contributed by atoms with Crippen molar-refractivity contribution in [1.29, 1.82) is 0 Å². The number of thioether (sulfide) groups is 1. The molecule has 1 aliphatic rings. The Hall–Kier alpha value is -4.89. The highest BCUT2D eigenvalue weighted by Gasteiger charge is 2.40. The molecule has 4 aromatic rings. The molecule has 4 aromatic carbocycles. The fourth-order valence-corrected chi connectivity index (χ4v) is 6.41. The normalized spacial score (nSPS) is 13.8. The summed E-state index contributed by atoms with van der Waals surface area (Å²) in [4.78, 5) is 56.1. The van der Waals surface area contributed by atoms with Crippen molar-refractivity contribution in [2.24, 2.45) is 0 Å². The van der Waals surface area contributed by atoms with E-state index in [0.717, 1.165) is 22.3 Å². The fourth-order valence-electron chi connectivity index (χ4n) is 4.86. The van der Waals surface area contributed by atoms with Crippen LogP contribution in [0, 0.1) is 0 Å². The number of alkyl carbamates (subject to hydrolysis) is 1. The van der Waals surface area contributed by atoms with E-state index in [4.69, 9.17) is 9.57 Å². The first-order chi connectivity index (χ1) is 21.0. The van der Waals surface area contributed by atoms with Gasteiger partial charge in [0.15, 0.2) is 0 Å². The molecule has 1 atom stereocenters. The van der Waals surface area contributed by atoms with Crippen LogP contribution in [0.3, 0.4) is 0 Å². The van der Waals surface area contributed by atoms with E-state index in [1.54, 1.807) is 0 Å². The van der Waals surface area contributed by atoms with Crippen LogP contribution in [-0.2, 0) is 35.3 Å². The van der Waals surface area contributed by atoms with Gasteiger partial charge < -0.3 is 14.9 Å². The van der Waals surface area contributed by atoms with Gasteiger partial charge in [-0.1, -0.05) is 121 Å². The number of carbonyl (C=O) groups excluding carboxylic acids is 4. The van der Waals surface area contributed by atoms with Crippen molar-refractivity contribution < 1.29 is 28.8 Å². The van der Waals surface area contributed by atoms with Gasteiger partial charge in [-0.05, 0) is 22.3 Å². The summed E-state index contributed by atoms with van der Waals surface area (Å²) in [7, 11) is 0. The van der Waals surface area contributed by atoms with Crippen molar-refractivity contribution in [3.05, 3.63) is 144 Å². The number of nitrogens with zero attached hydrogens (tertiary/aromatic N) is 1. The van der Waals surface area contributed by atoms with Gasteiger partial charge in [-0.2, -0.15) is 0 Å². The predicted octanol–water partition coefficient (Wildman–Crippen LogP) is 5.61. The van der Waals surface area contributed by atoms with Crippen LogP contribution in [0.1, 0.15) is 35.1 Å². The molecule has 0 aliphatic carbocycles. The summed E-state index contributed by atoms with van der Waals surface area (Å²) in [6, 6.07) is 37.5. The van der Waals surface area contributed by atoms with E-state index >= 15 is 0 Å². The van der Waals surface area contributed by atoms with E-state index < -0.39 is 34.7 Å². The second-order valence-corrected chi connectivity index (χ2v) is 11.1. The average molecular weight is 595 g/mol. The number of hydrogen-bond donors (Lipinski definition) is 1. The maximum absolute atomic E-state index is 13.5. The van der Waals surface area contributed by atoms with E-state index in [2.05, 4.69) is 5.32 Å². The zero-order valence-electron chi connectivity index (χ0n) is 23.3. The molecular formula is C34H30N2O6S. The number of amides is 3. The lowest BCUT2D eigenvalue weighted by Gasteiger charge is -2.36. The molecule has 0 unspecified atom stereocenters. The molecule has 0 bridgehead atoms. The standard InChI is InChI=1S/C34H30N2O6S/c37-30-21-22-31(38)36(30)42-32(39)29(35-33(40)41-23-25-13-5-1-6-14-25)24-43-34(26-15-7-2-8-16-26,27-17-9-3-10-18-27)28-19-11-4-12-20-28/h1-20,29H,21-24H2,(H,35,40)/t29-/m0/s1. The van der Waals surface area contributed by atoms with Gasteiger partial charge in [0.05, 0.1) is 4.75 Å². The topological polar surface area (TPSA) is 102 Å². The highest BCUT2D eigenvalue weighted by molar-refractivity contribution is 8.00. The lowest BCUT2D eigenvalue weighted by atomic mass is 9.84. The van der Waals surface area contributed by atoms with Gasteiger partial charge in [-0.15, -0.1) is 16.8 Å². The molecule has 218 valence electrons. The van der Waals surface area contributed by atoms with Crippen LogP contribution in [0.25, 0.3) is 0 Å². The molecule has 9 heteroatoms. The predicted molar refractivity (Wildman–Crippen MR) is 162 cm³/mol. The minimum Gasteiger partial charge on any atom is -0.445 e. The first kappa shape index (κ1) is 29.6. The summed E-state index contributed by atoms with van der Waals surface area (Å²) in [5.74, 6) is -2.14. The Morgan fingerprint density at radius 3 is 1.63 bits per heavy atom. The molecule has 0 radical (unpaired) electrons. The van der Waals surface area contributed by atoms with Crippen molar-refractivity contribution in [1.82, 2.24) is 10.4 Å². The van der Waals surface area contributed by atoms with Gasteiger partial charge in [-0.3, -0.25) is 9.59 Å². The number of ether oxygens (including phenoxy) is 1. The number of carbonyl (C=O) groups is 4. The van der Waals surface area contributed by atoms with Crippen LogP contribution in [-0.4, -0.2) is 40.7 Å². The summed E-state index contributed by atoms with van der Waals surface area (Å²) in [6.45, 7) is -0.00728. The molecular weight excluding hydrogens is 564 g/mol. The first-order valence-corrected chi connectivity index (χ1v) is 14.8. The maximum Gasteiger partial charge on any atom is 0.408 e. The summed E-state index contributed by atoms with van der Waals surface area (Å²) in [5, 5.41) is 3.09. The molecule has 5 rings (SSSR count). The van der Waals surface area contributed by atoms with Crippen molar-refractivity contribution in [2.45, 2.75) is 30.2 Å². The lowest BCUT2D eigenvalue weighted by molar-refractivity contribution is -0.198. The second-order valence-electron chi connectivity index (χ2n) is 9.84. The minimum atomic E-state index is -1.26. The largest absolute Gasteiger partial charge is 0.445 e. The number of imide groups is 1. The molecule has 1 aliphatic heterocycles. The van der Waals surface area contributed by atoms with Crippen molar-refractivity contribution in [3.63, 3.8) is 0 Å². The van der Waals surface area contributed by atoms with Crippen molar-refractivity contribution >= 4 is 35.6 Å². The Bertz CT molecular complexity index is 1440.